The number of aryl methyl sites for hydroxylation is 1. The van der Waals surface area contributed by atoms with Crippen LogP contribution in [0.15, 0.2) is 24.3 Å². The number of rotatable bonds is 5. The van der Waals surface area contributed by atoms with Crippen LogP contribution in [-0.2, 0) is 11.2 Å². The minimum Gasteiger partial charge on any atom is -0.490 e. The molecule has 1 fully saturated rings. The lowest BCUT2D eigenvalue weighted by atomic mass is 9.96. The monoisotopic (exact) mass is 319 g/mol. The van der Waals surface area contributed by atoms with Gasteiger partial charge < -0.3 is 20.9 Å². The number of benzene rings is 1. The average molecular weight is 319 g/mol. The zero-order valence-electron chi connectivity index (χ0n) is 12.8. The molecule has 2 aliphatic rings. The number of aliphatic hydroxyl groups excluding tert-OH is 1. The van der Waals surface area contributed by atoms with Crippen LogP contribution in [0.5, 0.6) is 5.75 Å². The highest BCUT2D eigenvalue weighted by Crippen LogP contribution is 2.28. The molecule has 124 valence electrons. The maximum absolute atomic E-state index is 11.5. The van der Waals surface area contributed by atoms with Crippen molar-refractivity contribution in [3.8, 4) is 5.75 Å². The number of para-hydroxylation sites is 1. The van der Waals surface area contributed by atoms with E-state index in [4.69, 9.17) is 10.5 Å². The van der Waals surface area contributed by atoms with Gasteiger partial charge in [-0.15, -0.1) is 0 Å². The average Bonchev–Trinajstić information content (AvgIpc) is 2.86. The third-order valence-corrected chi connectivity index (χ3v) is 4.34. The molecule has 1 saturated heterocycles. The van der Waals surface area contributed by atoms with Crippen molar-refractivity contribution in [1.29, 1.82) is 0 Å². The summed E-state index contributed by atoms with van der Waals surface area (Å²) in [5, 5.41) is 12.6. The van der Waals surface area contributed by atoms with E-state index in [2.05, 4.69) is 5.32 Å². The van der Waals surface area contributed by atoms with E-state index in [9.17, 15) is 14.7 Å². The molecule has 0 aliphatic carbocycles. The van der Waals surface area contributed by atoms with Crippen LogP contribution in [0.1, 0.15) is 18.4 Å². The molecule has 4 N–H and O–H groups in total. The number of nitrogens with zero attached hydrogens (tertiary/aromatic N) is 1. The van der Waals surface area contributed by atoms with Gasteiger partial charge in [0.05, 0.1) is 19.2 Å². The minimum absolute atomic E-state index is 0.0245. The lowest BCUT2D eigenvalue weighted by molar-refractivity contribution is -0.126. The molecular formula is C16H21N3O4. The number of imide groups is 1. The second kappa shape index (κ2) is 6.55. The summed E-state index contributed by atoms with van der Waals surface area (Å²) in [6, 6.07) is 6.83. The molecule has 0 aromatic heterocycles. The molecule has 7 nitrogen and oxygen atoms in total. The van der Waals surface area contributed by atoms with Crippen LogP contribution in [0.2, 0.25) is 0 Å². The normalized spacial score (nSPS) is 23.0. The van der Waals surface area contributed by atoms with Crippen molar-refractivity contribution < 1.29 is 19.4 Å². The van der Waals surface area contributed by atoms with Crippen LogP contribution in [0.3, 0.4) is 0 Å². The Morgan fingerprint density at radius 3 is 2.91 bits per heavy atom. The molecule has 2 aliphatic heterocycles. The molecule has 3 atom stereocenters. The highest BCUT2D eigenvalue weighted by molar-refractivity contribution is 6.01. The van der Waals surface area contributed by atoms with Gasteiger partial charge in [0.15, 0.2) is 0 Å². The number of ether oxygens (including phenoxy) is 1. The fraction of sp³-hybridized carbons (Fsp3) is 0.500. The first kappa shape index (κ1) is 15.8. The van der Waals surface area contributed by atoms with Crippen molar-refractivity contribution in [3.63, 3.8) is 0 Å². The number of aliphatic hydroxyl groups is 1. The third-order valence-electron chi connectivity index (χ3n) is 4.34. The van der Waals surface area contributed by atoms with Gasteiger partial charge in [0, 0.05) is 12.5 Å². The maximum atomic E-state index is 11.5. The van der Waals surface area contributed by atoms with Crippen molar-refractivity contribution in [2.24, 2.45) is 5.73 Å². The first-order valence-electron chi connectivity index (χ1n) is 7.81. The summed E-state index contributed by atoms with van der Waals surface area (Å²) < 4.78 is 5.91. The van der Waals surface area contributed by atoms with Crippen molar-refractivity contribution in [2.45, 2.75) is 37.5 Å². The van der Waals surface area contributed by atoms with Crippen LogP contribution in [0, 0.1) is 0 Å². The number of carbonyl (C=O) groups excluding carboxylic acids is 2. The molecule has 1 aromatic rings. The molecule has 7 heteroatoms. The number of amides is 3. The Balaban J connectivity index is 1.54. The van der Waals surface area contributed by atoms with Crippen molar-refractivity contribution in [1.82, 2.24) is 10.2 Å². The fourth-order valence-electron chi connectivity index (χ4n) is 2.97. The number of fused-ring (bicyclic) bond motifs is 1. The summed E-state index contributed by atoms with van der Waals surface area (Å²) in [6.45, 7) is -0.113. The number of nitrogens with two attached hydrogens (primary N) is 1. The zero-order valence-corrected chi connectivity index (χ0v) is 12.8. The van der Waals surface area contributed by atoms with Gasteiger partial charge in [-0.25, -0.2) is 4.79 Å². The van der Waals surface area contributed by atoms with Gasteiger partial charge in [-0.1, -0.05) is 18.2 Å². The topological polar surface area (TPSA) is 105 Å². The van der Waals surface area contributed by atoms with Crippen LogP contribution in [-0.4, -0.2) is 53.3 Å². The first-order valence-corrected chi connectivity index (χ1v) is 7.81. The summed E-state index contributed by atoms with van der Waals surface area (Å²) in [6.07, 6.45) is 1.18. The van der Waals surface area contributed by atoms with Crippen LogP contribution in [0.25, 0.3) is 0 Å². The molecule has 2 heterocycles. The second-order valence-electron chi connectivity index (χ2n) is 6.02. The van der Waals surface area contributed by atoms with E-state index in [1.54, 1.807) is 0 Å². The highest BCUT2D eigenvalue weighted by atomic mass is 16.5. The number of nitrogens with one attached hydrogen (secondary N) is 1. The lowest BCUT2D eigenvalue weighted by Gasteiger charge is -2.30. The molecule has 23 heavy (non-hydrogen) atoms. The van der Waals surface area contributed by atoms with Crippen molar-refractivity contribution in [3.05, 3.63) is 29.8 Å². The van der Waals surface area contributed by atoms with E-state index in [0.717, 1.165) is 23.5 Å². The molecule has 0 saturated carbocycles. The van der Waals surface area contributed by atoms with E-state index < -0.39 is 18.2 Å². The SMILES string of the molecule is NC(CC1CCc2ccccc2O1)C(O)CN1C(=O)CNC1=O. The van der Waals surface area contributed by atoms with Crippen LogP contribution >= 0.6 is 0 Å². The molecule has 3 unspecified atom stereocenters. The quantitative estimate of drug-likeness (QED) is 0.663. The highest BCUT2D eigenvalue weighted by Gasteiger charge is 2.33. The number of hydrogen-bond acceptors (Lipinski definition) is 5. The Kier molecular flexibility index (Phi) is 4.49. The van der Waals surface area contributed by atoms with E-state index in [-0.39, 0.29) is 25.1 Å². The minimum atomic E-state index is -0.969. The van der Waals surface area contributed by atoms with Gasteiger partial charge in [-0.2, -0.15) is 0 Å². The molecule has 0 radical (unpaired) electrons. The first-order chi connectivity index (χ1) is 11.0. The van der Waals surface area contributed by atoms with E-state index in [0.29, 0.717) is 6.42 Å². The van der Waals surface area contributed by atoms with Gasteiger partial charge in [0.1, 0.15) is 11.9 Å². The summed E-state index contributed by atoms with van der Waals surface area (Å²) in [4.78, 5) is 24.0. The Bertz CT molecular complexity index is 591. The Hall–Kier alpha value is -2.12. The molecule has 0 spiro atoms. The van der Waals surface area contributed by atoms with Gasteiger partial charge in [-0.05, 0) is 24.5 Å². The fourth-order valence-corrected chi connectivity index (χ4v) is 2.97. The number of urea groups is 1. The summed E-state index contributed by atoms with van der Waals surface area (Å²) in [7, 11) is 0. The van der Waals surface area contributed by atoms with Crippen molar-refractivity contribution >= 4 is 11.9 Å². The number of β-amino-alcohol motifs (C(OH)–C–C–N with tert-alkyl or cyclic N) is 1. The predicted molar refractivity (Wildman–Crippen MR) is 82.9 cm³/mol. The van der Waals surface area contributed by atoms with Gasteiger partial charge >= 0.3 is 6.03 Å². The van der Waals surface area contributed by atoms with Crippen molar-refractivity contribution in [2.75, 3.05) is 13.1 Å². The van der Waals surface area contributed by atoms with Gasteiger partial charge in [-0.3, -0.25) is 9.69 Å². The Labute approximate surface area is 134 Å². The summed E-state index contributed by atoms with van der Waals surface area (Å²) >= 11 is 0. The molecule has 3 amide bonds. The van der Waals surface area contributed by atoms with Crippen LogP contribution in [0.4, 0.5) is 4.79 Å². The molecule has 3 rings (SSSR count). The smallest absolute Gasteiger partial charge is 0.324 e. The van der Waals surface area contributed by atoms with Gasteiger partial charge in [0.2, 0.25) is 5.91 Å². The Morgan fingerprint density at radius 2 is 2.17 bits per heavy atom. The number of carbonyl (C=O) groups is 2. The third kappa shape index (κ3) is 3.46. The lowest BCUT2D eigenvalue weighted by Crippen LogP contribution is -2.47. The predicted octanol–water partition coefficient (Wildman–Crippen LogP) is 0.0103. The number of hydrogen-bond donors (Lipinski definition) is 3. The summed E-state index contributed by atoms with van der Waals surface area (Å²) in [5.41, 5.74) is 7.22. The molecule has 0 bridgehead atoms. The van der Waals surface area contributed by atoms with E-state index in [1.165, 1.54) is 5.56 Å². The zero-order chi connectivity index (χ0) is 16.4. The molecule has 1 aromatic carbocycles. The van der Waals surface area contributed by atoms with Gasteiger partial charge in [0.25, 0.3) is 0 Å². The molecular weight excluding hydrogens is 298 g/mol. The van der Waals surface area contributed by atoms with E-state index >= 15 is 0 Å². The second-order valence-corrected chi connectivity index (χ2v) is 6.02. The maximum Gasteiger partial charge on any atom is 0.324 e. The summed E-state index contributed by atoms with van der Waals surface area (Å²) in [5.74, 6) is 0.517. The van der Waals surface area contributed by atoms with Crippen LogP contribution < -0.4 is 15.8 Å². The van der Waals surface area contributed by atoms with E-state index in [1.807, 2.05) is 24.3 Å². The Morgan fingerprint density at radius 1 is 1.39 bits per heavy atom. The largest absolute Gasteiger partial charge is 0.490 e. The standard InChI is InChI=1S/C16H21N3O4/c17-12(13(20)9-19-15(21)8-18-16(19)22)7-11-6-5-10-3-1-2-4-14(10)23-11/h1-4,11-13,20H,5-9,17H2,(H,18,22).